The van der Waals surface area contributed by atoms with E-state index in [9.17, 15) is 24.3 Å². The van der Waals surface area contributed by atoms with Crippen LogP contribution in [-0.4, -0.2) is 70.9 Å². The van der Waals surface area contributed by atoms with Gasteiger partial charge in [-0.1, -0.05) is 44.2 Å². The zero-order valence-corrected chi connectivity index (χ0v) is 21.4. The number of aliphatic carboxylic acids is 1. The molecule has 9 N–H and O–H groups in total. The van der Waals surface area contributed by atoms with Gasteiger partial charge in [0.15, 0.2) is 5.96 Å². The number of nitrogens with one attached hydrogen (secondary N) is 2. The smallest absolute Gasteiger partial charge is 0.326 e. The highest BCUT2D eigenvalue weighted by Gasteiger charge is 2.38. The van der Waals surface area contributed by atoms with Crippen molar-refractivity contribution < 1.29 is 24.3 Å². The van der Waals surface area contributed by atoms with Crippen molar-refractivity contribution in [2.75, 3.05) is 13.1 Å². The fourth-order valence-electron chi connectivity index (χ4n) is 4.30. The lowest BCUT2D eigenvalue weighted by Crippen LogP contribution is -2.56. The Morgan fingerprint density at radius 2 is 1.73 bits per heavy atom. The van der Waals surface area contributed by atoms with Gasteiger partial charge in [-0.15, -0.1) is 0 Å². The SMILES string of the molecule is CC(C)C[C@H](NC(=O)[C@H](N)c1ccccc1)C(=O)N[C@@H](CCCN=C(N)N)C(=O)N1CCC[C@H]1C(=O)O. The van der Waals surface area contributed by atoms with Gasteiger partial charge in [0, 0.05) is 13.1 Å². The molecule has 3 amide bonds. The zero-order chi connectivity index (χ0) is 27.5. The molecule has 0 aliphatic carbocycles. The highest BCUT2D eigenvalue weighted by Crippen LogP contribution is 2.20. The van der Waals surface area contributed by atoms with Gasteiger partial charge in [0.05, 0.1) is 0 Å². The average Bonchev–Trinajstić information content (AvgIpc) is 3.35. The molecule has 1 fully saturated rings. The molecule has 0 radical (unpaired) electrons. The monoisotopic (exact) mass is 517 g/mol. The lowest BCUT2D eigenvalue weighted by Gasteiger charge is -2.29. The highest BCUT2D eigenvalue weighted by atomic mass is 16.4. The molecule has 1 aromatic rings. The molecule has 12 heteroatoms. The lowest BCUT2D eigenvalue weighted by molar-refractivity contribution is -0.149. The number of hydrogen-bond acceptors (Lipinski definition) is 6. The Morgan fingerprint density at radius 3 is 2.32 bits per heavy atom. The Hall–Kier alpha value is -3.67. The van der Waals surface area contributed by atoms with E-state index in [1.54, 1.807) is 24.3 Å². The largest absolute Gasteiger partial charge is 0.480 e. The molecule has 204 valence electrons. The predicted molar refractivity (Wildman–Crippen MR) is 139 cm³/mol. The van der Waals surface area contributed by atoms with Crippen LogP contribution in [0.5, 0.6) is 0 Å². The summed E-state index contributed by atoms with van der Waals surface area (Å²) in [4.78, 5) is 56.4. The van der Waals surface area contributed by atoms with E-state index >= 15 is 0 Å². The van der Waals surface area contributed by atoms with Crippen molar-refractivity contribution in [3.05, 3.63) is 35.9 Å². The number of carbonyl (C=O) groups excluding carboxylic acids is 3. The summed E-state index contributed by atoms with van der Waals surface area (Å²) in [6, 6.07) is 4.93. The van der Waals surface area contributed by atoms with E-state index in [-0.39, 0.29) is 31.4 Å². The molecule has 0 spiro atoms. The van der Waals surface area contributed by atoms with Crippen LogP contribution in [0.3, 0.4) is 0 Å². The fourth-order valence-corrected chi connectivity index (χ4v) is 4.30. The van der Waals surface area contributed by atoms with Crippen LogP contribution < -0.4 is 27.8 Å². The Labute approximate surface area is 217 Å². The van der Waals surface area contributed by atoms with Crippen LogP contribution in [0.2, 0.25) is 0 Å². The van der Waals surface area contributed by atoms with Crippen LogP contribution in [0, 0.1) is 5.92 Å². The first kappa shape index (κ1) is 29.6. The van der Waals surface area contributed by atoms with Gasteiger partial charge in [0.25, 0.3) is 0 Å². The fraction of sp³-hybridized carbons (Fsp3) is 0.560. The van der Waals surface area contributed by atoms with Gasteiger partial charge in [0.1, 0.15) is 24.2 Å². The molecule has 0 aromatic heterocycles. The van der Waals surface area contributed by atoms with Crippen molar-refractivity contribution in [2.45, 2.75) is 70.1 Å². The molecule has 1 aliphatic heterocycles. The number of carboxylic acids is 1. The molecule has 1 heterocycles. The molecule has 37 heavy (non-hydrogen) atoms. The molecule has 1 saturated heterocycles. The molecular weight excluding hydrogens is 478 g/mol. The Morgan fingerprint density at radius 1 is 1.08 bits per heavy atom. The molecule has 0 unspecified atom stereocenters. The number of amides is 3. The van der Waals surface area contributed by atoms with Crippen LogP contribution in [0.15, 0.2) is 35.3 Å². The summed E-state index contributed by atoms with van der Waals surface area (Å²) in [6.07, 6.45) is 1.78. The number of carbonyl (C=O) groups is 4. The number of nitrogens with two attached hydrogens (primary N) is 3. The van der Waals surface area contributed by atoms with Gasteiger partial charge in [-0.3, -0.25) is 19.4 Å². The molecular formula is C25H39N7O5. The minimum atomic E-state index is -1.09. The van der Waals surface area contributed by atoms with Gasteiger partial charge < -0.3 is 37.8 Å². The van der Waals surface area contributed by atoms with Crippen molar-refractivity contribution >= 4 is 29.7 Å². The number of carboxylic acid groups (broad SMARTS) is 1. The van der Waals surface area contributed by atoms with Crippen LogP contribution in [0.4, 0.5) is 0 Å². The van der Waals surface area contributed by atoms with Crippen LogP contribution >= 0.6 is 0 Å². The third kappa shape index (κ3) is 9.05. The maximum Gasteiger partial charge on any atom is 0.326 e. The van der Waals surface area contributed by atoms with Crippen molar-refractivity contribution in [3.8, 4) is 0 Å². The van der Waals surface area contributed by atoms with E-state index in [0.29, 0.717) is 31.2 Å². The van der Waals surface area contributed by atoms with E-state index in [4.69, 9.17) is 17.2 Å². The van der Waals surface area contributed by atoms with Gasteiger partial charge in [-0.05, 0) is 43.6 Å². The van der Waals surface area contributed by atoms with Crippen molar-refractivity contribution in [3.63, 3.8) is 0 Å². The van der Waals surface area contributed by atoms with E-state index in [1.807, 2.05) is 19.9 Å². The van der Waals surface area contributed by atoms with Gasteiger partial charge >= 0.3 is 5.97 Å². The van der Waals surface area contributed by atoms with Crippen molar-refractivity contribution in [2.24, 2.45) is 28.1 Å². The van der Waals surface area contributed by atoms with E-state index < -0.39 is 47.9 Å². The number of nitrogens with zero attached hydrogens (tertiary/aromatic N) is 2. The van der Waals surface area contributed by atoms with Gasteiger partial charge in [-0.25, -0.2) is 4.79 Å². The van der Waals surface area contributed by atoms with Crippen LogP contribution in [-0.2, 0) is 19.2 Å². The number of guanidine groups is 1. The third-order valence-corrected chi connectivity index (χ3v) is 6.16. The average molecular weight is 518 g/mol. The summed E-state index contributed by atoms with van der Waals surface area (Å²) in [5.74, 6) is -2.68. The number of likely N-dealkylation sites (tertiary alicyclic amines) is 1. The maximum atomic E-state index is 13.3. The van der Waals surface area contributed by atoms with Crippen LogP contribution in [0.25, 0.3) is 0 Å². The maximum absolute atomic E-state index is 13.3. The van der Waals surface area contributed by atoms with E-state index in [0.717, 1.165) is 0 Å². The number of aliphatic imine (C=N–C) groups is 1. The van der Waals surface area contributed by atoms with E-state index in [2.05, 4.69) is 15.6 Å². The second-order valence-corrected chi connectivity index (χ2v) is 9.62. The number of benzene rings is 1. The lowest BCUT2D eigenvalue weighted by atomic mass is 10.0. The standard InChI is InChI=1S/C25H39N7O5/c1-15(2)14-18(31-22(34)20(26)16-8-4-3-5-9-16)21(33)30-17(10-6-12-29-25(27)28)23(35)32-13-7-11-19(32)24(36)37/h3-5,8-9,15,17-20H,6-7,10-14,26H2,1-2H3,(H,30,33)(H,31,34)(H,36,37)(H4,27,28,29)/t17-,18-,19-,20+/m0/s1. The Bertz CT molecular complexity index is 965. The molecule has 1 aliphatic rings. The summed E-state index contributed by atoms with van der Waals surface area (Å²) < 4.78 is 0. The zero-order valence-electron chi connectivity index (χ0n) is 21.4. The Balaban J connectivity index is 2.18. The number of hydrogen-bond donors (Lipinski definition) is 6. The topological polar surface area (TPSA) is 206 Å². The second kappa shape index (κ2) is 14.2. The first-order valence-electron chi connectivity index (χ1n) is 12.5. The quantitative estimate of drug-likeness (QED) is 0.117. The highest BCUT2D eigenvalue weighted by molar-refractivity contribution is 5.94. The summed E-state index contributed by atoms with van der Waals surface area (Å²) in [5.41, 5.74) is 17.4. The van der Waals surface area contributed by atoms with Gasteiger partial charge in [-0.2, -0.15) is 0 Å². The first-order valence-corrected chi connectivity index (χ1v) is 12.5. The third-order valence-electron chi connectivity index (χ3n) is 6.16. The summed E-state index contributed by atoms with van der Waals surface area (Å²) >= 11 is 0. The minimum absolute atomic E-state index is 0.0509. The van der Waals surface area contributed by atoms with Crippen molar-refractivity contribution in [1.82, 2.24) is 15.5 Å². The first-order chi connectivity index (χ1) is 17.5. The minimum Gasteiger partial charge on any atom is -0.480 e. The summed E-state index contributed by atoms with van der Waals surface area (Å²) in [5, 5.41) is 15.0. The van der Waals surface area contributed by atoms with Crippen LogP contribution in [0.1, 0.15) is 57.6 Å². The molecule has 4 atom stereocenters. The van der Waals surface area contributed by atoms with E-state index in [1.165, 1.54) is 4.90 Å². The van der Waals surface area contributed by atoms with Crippen molar-refractivity contribution in [1.29, 1.82) is 0 Å². The molecule has 0 bridgehead atoms. The normalized spacial score (nSPS) is 17.5. The predicted octanol–water partition coefficient (Wildman–Crippen LogP) is -0.169. The molecule has 2 rings (SSSR count). The number of rotatable bonds is 13. The molecule has 12 nitrogen and oxygen atoms in total. The van der Waals surface area contributed by atoms with Gasteiger partial charge in [0.2, 0.25) is 17.7 Å². The summed E-state index contributed by atoms with van der Waals surface area (Å²) in [7, 11) is 0. The Kier molecular flexibility index (Phi) is 11.3. The summed E-state index contributed by atoms with van der Waals surface area (Å²) in [6.45, 7) is 4.34. The second-order valence-electron chi connectivity index (χ2n) is 9.62. The molecule has 1 aromatic carbocycles. The molecule has 0 saturated carbocycles.